The minimum absolute atomic E-state index is 0.119. The zero-order valence-electron chi connectivity index (χ0n) is 12.4. The van der Waals surface area contributed by atoms with Gasteiger partial charge in [0.2, 0.25) is 0 Å². The van der Waals surface area contributed by atoms with Gasteiger partial charge in [-0.05, 0) is 42.2 Å². The normalized spacial score (nSPS) is 24.9. The van der Waals surface area contributed by atoms with Crippen molar-refractivity contribution in [1.82, 2.24) is 0 Å². The van der Waals surface area contributed by atoms with Crippen molar-refractivity contribution in [3.63, 3.8) is 0 Å². The van der Waals surface area contributed by atoms with Crippen molar-refractivity contribution in [2.75, 3.05) is 6.54 Å². The number of hydrogen-bond acceptors (Lipinski definition) is 2. The zero-order valence-corrected chi connectivity index (χ0v) is 12.4. The maximum Gasteiger partial charge on any atom is 0.0654 e. The van der Waals surface area contributed by atoms with Gasteiger partial charge in [0.1, 0.15) is 0 Å². The fourth-order valence-corrected chi connectivity index (χ4v) is 3.42. The van der Waals surface area contributed by atoms with Crippen LogP contribution in [-0.2, 0) is 11.8 Å². The molecule has 0 bridgehead atoms. The minimum atomic E-state index is -0.362. The van der Waals surface area contributed by atoms with Gasteiger partial charge in [-0.15, -0.1) is 0 Å². The first-order valence-corrected chi connectivity index (χ1v) is 7.35. The molecule has 2 atom stereocenters. The van der Waals surface area contributed by atoms with Gasteiger partial charge in [0.05, 0.1) is 6.10 Å². The van der Waals surface area contributed by atoms with Gasteiger partial charge in [0.25, 0.3) is 0 Å². The highest BCUT2D eigenvalue weighted by molar-refractivity contribution is 5.38. The third-order valence-electron chi connectivity index (χ3n) is 4.43. The summed E-state index contributed by atoms with van der Waals surface area (Å²) in [5, 5.41) is 10.8. The Kier molecular flexibility index (Phi) is 4.03. The standard InChI is InChI=1S/C17H27NO/c1-16(2,3)11-15(19)17(12-18)10-6-8-13-7-4-5-9-14(13)17/h4-5,7,9,15,19H,6,8,10-12,18H2,1-3H3. The predicted octanol–water partition coefficient (Wildman–Crippen LogP) is 3.02. The number of fused-ring (bicyclic) bond motifs is 1. The number of aliphatic hydroxyl groups is 1. The molecule has 1 aliphatic rings. The predicted molar refractivity (Wildman–Crippen MR) is 80.2 cm³/mol. The van der Waals surface area contributed by atoms with Gasteiger partial charge in [0, 0.05) is 12.0 Å². The second-order valence-corrected chi connectivity index (χ2v) is 7.15. The summed E-state index contributed by atoms with van der Waals surface area (Å²) in [5.41, 5.74) is 8.63. The Morgan fingerprint density at radius 3 is 2.63 bits per heavy atom. The molecule has 0 saturated heterocycles. The van der Waals surface area contributed by atoms with E-state index in [9.17, 15) is 5.11 Å². The second-order valence-electron chi connectivity index (χ2n) is 7.15. The first kappa shape index (κ1) is 14.5. The summed E-state index contributed by atoms with van der Waals surface area (Å²) in [5.74, 6) is 0. The number of aliphatic hydroxyl groups excluding tert-OH is 1. The second kappa shape index (κ2) is 5.26. The molecule has 0 fully saturated rings. The van der Waals surface area contributed by atoms with Gasteiger partial charge in [-0.2, -0.15) is 0 Å². The lowest BCUT2D eigenvalue weighted by molar-refractivity contribution is 0.0375. The third-order valence-corrected chi connectivity index (χ3v) is 4.43. The lowest BCUT2D eigenvalue weighted by atomic mass is 9.64. The van der Waals surface area contributed by atoms with E-state index in [-0.39, 0.29) is 16.9 Å². The molecule has 0 spiro atoms. The van der Waals surface area contributed by atoms with E-state index in [1.54, 1.807) is 0 Å². The third kappa shape index (κ3) is 2.85. The van der Waals surface area contributed by atoms with Gasteiger partial charge in [-0.25, -0.2) is 0 Å². The Labute approximate surface area is 117 Å². The smallest absolute Gasteiger partial charge is 0.0654 e. The molecule has 1 aromatic rings. The highest BCUT2D eigenvalue weighted by Crippen LogP contribution is 2.42. The molecule has 2 rings (SSSR count). The zero-order chi connectivity index (χ0) is 14.1. The highest BCUT2D eigenvalue weighted by Gasteiger charge is 2.42. The Morgan fingerprint density at radius 2 is 2.00 bits per heavy atom. The van der Waals surface area contributed by atoms with E-state index in [4.69, 9.17) is 5.73 Å². The van der Waals surface area contributed by atoms with Gasteiger partial charge in [0.15, 0.2) is 0 Å². The molecule has 0 heterocycles. The van der Waals surface area contributed by atoms with Crippen molar-refractivity contribution in [3.8, 4) is 0 Å². The molecule has 0 aliphatic heterocycles. The molecule has 2 unspecified atom stereocenters. The van der Waals surface area contributed by atoms with Gasteiger partial charge in [-0.3, -0.25) is 0 Å². The van der Waals surface area contributed by atoms with Gasteiger partial charge >= 0.3 is 0 Å². The molecule has 1 aliphatic carbocycles. The quantitative estimate of drug-likeness (QED) is 0.878. The van der Waals surface area contributed by atoms with Crippen molar-refractivity contribution in [1.29, 1.82) is 0 Å². The molecule has 106 valence electrons. The Morgan fingerprint density at radius 1 is 1.32 bits per heavy atom. The van der Waals surface area contributed by atoms with Crippen molar-refractivity contribution < 1.29 is 5.11 Å². The molecule has 0 aromatic heterocycles. The average molecular weight is 261 g/mol. The molecule has 0 amide bonds. The van der Waals surface area contributed by atoms with Crippen molar-refractivity contribution in [2.45, 2.75) is 58.0 Å². The number of nitrogens with two attached hydrogens (primary N) is 1. The summed E-state index contributed by atoms with van der Waals surface area (Å²) in [6, 6.07) is 8.50. The van der Waals surface area contributed by atoms with E-state index < -0.39 is 0 Å². The molecule has 2 nitrogen and oxygen atoms in total. The summed E-state index contributed by atoms with van der Waals surface area (Å²) < 4.78 is 0. The number of benzene rings is 1. The first-order chi connectivity index (χ1) is 8.89. The van der Waals surface area contributed by atoms with E-state index >= 15 is 0 Å². The van der Waals surface area contributed by atoms with Crippen LogP contribution in [0.5, 0.6) is 0 Å². The average Bonchev–Trinajstić information content (AvgIpc) is 2.36. The van der Waals surface area contributed by atoms with Gasteiger partial charge in [-0.1, -0.05) is 45.0 Å². The molecular weight excluding hydrogens is 234 g/mol. The van der Waals surface area contributed by atoms with Crippen LogP contribution in [0.2, 0.25) is 0 Å². The van der Waals surface area contributed by atoms with E-state index in [0.717, 1.165) is 25.7 Å². The van der Waals surface area contributed by atoms with Crippen molar-refractivity contribution >= 4 is 0 Å². The topological polar surface area (TPSA) is 46.2 Å². The molecule has 3 N–H and O–H groups in total. The van der Waals surface area contributed by atoms with E-state index in [1.807, 2.05) is 0 Å². The van der Waals surface area contributed by atoms with Crippen molar-refractivity contribution in [2.24, 2.45) is 11.1 Å². The maximum atomic E-state index is 10.8. The summed E-state index contributed by atoms with van der Waals surface area (Å²) in [7, 11) is 0. The molecule has 0 radical (unpaired) electrons. The Bertz CT molecular complexity index is 435. The van der Waals surface area contributed by atoms with Crippen LogP contribution in [0.1, 0.15) is 51.2 Å². The van der Waals surface area contributed by atoms with Crippen LogP contribution in [0.25, 0.3) is 0 Å². The first-order valence-electron chi connectivity index (χ1n) is 7.35. The van der Waals surface area contributed by atoms with Crippen LogP contribution in [-0.4, -0.2) is 17.8 Å². The van der Waals surface area contributed by atoms with Gasteiger partial charge < -0.3 is 10.8 Å². The number of rotatable bonds is 3. The molecule has 1 aromatic carbocycles. The van der Waals surface area contributed by atoms with Crippen molar-refractivity contribution in [3.05, 3.63) is 35.4 Å². The van der Waals surface area contributed by atoms with E-state index in [1.165, 1.54) is 11.1 Å². The van der Waals surface area contributed by atoms with Crippen LogP contribution in [0.3, 0.4) is 0 Å². The van der Waals surface area contributed by atoms with Crippen LogP contribution < -0.4 is 5.73 Å². The molecule has 0 saturated carbocycles. The summed E-state index contributed by atoms with van der Waals surface area (Å²) >= 11 is 0. The fraction of sp³-hybridized carbons (Fsp3) is 0.647. The Balaban J connectivity index is 2.39. The lowest BCUT2D eigenvalue weighted by Crippen LogP contribution is -2.49. The number of hydrogen-bond donors (Lipinski definition) is 2. The monoisotopic (exact) mass is 261 g/mol. The van der Waals surface area contributed by atoms with E-state index in [0.29, 0.717) is 6.54 Å². The van der Waals surface area contributed by atoms with Crippen LogP contribution in [0, 0.1) is 5.41 Å². The number of aryl methyl sites for hydroxylation is 1. The van der Waals surface area contributed by atoms with Crippen LogP contribution >= 0.6 is 0 Å². The Hall–Kier alpha value is -0.860. The molecule has 19 heavy (non-hydrogen) atoms. The summed E-state index contributed by atoms with van der Waals surface area (Å²) in [6.45, 7) is 7.06. The van der Waals surface area contributed by atoms with Crippen LogP contribution in [0.15, 0.2) is 24.3 Å². The summed E-state index contributed by atoms with van der Waals surface area (Å²) in [6.07, 6.45) is 3.66. The molecular formula is C17H27NO. The fourth-order valence-electron chi connectivity index (χ4n) is 3.42. The maximum absolute atomic E-state index is 10.8. The SMILES string of the molecule is CC(C)(C)CC(O)C1(CN)CCCc2ccccc21. The molecule has 2 heteroatoms. The van der Waals surface area contributed by atoms with E-state index in [2.05, 4.69) is 45.0 Å². The van der Waals surface area contributed by atoms with Crippen LogP contribution in [0.4, 0.5) is 0 Å². The minimum Gasteiger partial charge on any atom is -0.392 e. The lowest BCUT2D eigenvalue weighted by Gasteiger charge is -2.44. The largest absolute Gasteiger partial charge is 0.392 e. The summed E-state index contributed by atoms with van der Waals surface area (Å²) in [4.78, 5) is 0. The highest BCUT2D eigenvalue weighted by atomic mass is 16.3.